The van der Waals surface area contributed by atoms with Crippen LogP contribution in [0.1, 0.15) is 56.2 Å². The van der Waals surface area contributed by atoms with E-state index in [1.807, 2.05) is 30.3 Å². The van der Waals surface area contributed by atoms with Gasteiger partial charge in [-0.25, -0.2) is 9.88 Å². The predicted molar refractivity (Wildman–Crippen MR) is 145 cm³/mol. The molecule has 3 unspecified atom stereocenters. The van der Waals surface area contributed by atoms with Crippen molar-refractivity contribution in [2.24, 2.45) is 0 Å². The molecule has 198 valence electrons. The maximum Gasteiger partial charge on any atom is 0.266 e. The Balaban J connectivity index is 1.31. The molecule has 2 aliphatic heterocycles. The van der Waals surface area contributed by atoms with E-state index in [0.717, 1.165) is 11.1 Å². The largest absolute Gasteiger partial charge is 0.392 e. The third-order valence-electron chi connectivity index (χ3n) is 6.94. The third-order valence-corrected chi connectivity index (χ3v) is 7.71. The molecule has 1 fully saturated rings. The van der Waals surface area contributed by atoms with Crippen molar-refractivity contribution < 1.29 is 24.2 Å². The monoisotopic (exact) mass is 563 g/mol. The van der Waals surface area contributed by atoms with Gasteiger partial charge in [-0.05, 0) is 35.4 Å². The molecule has 0 aliphatic carbocycles. The van der Waals surface area contributed by atoms with Gasteiger partial charge in [0.2, 0.25) is 0 Å². The Labute approximate surface area is 234 Å². The van der Waals surface area contributed by atoms with Gasteiger partial charge in [-0.15, -0.1) is 0 Å². The van der Waals surface area contributed by atoms with Crippen LogP contribution in [0.4, 0.5) is 5.69 Å². The molecule has 0 bridgehead atoms. The normalized spacial score (nSPS) is 20.9. The number of aliphatic hydroxyl groups is 1. The van der Waals surface area contributed by atoms with Crippen molar-refractivity contribution in [1.82, 2.24) is 9.55 Å². The molecule has 6 rings (SSSR count). The minimum atomic E-state index is -0.792. The summed E-state index contributed by atoms with van der Waals surface area (Å²) in [5.41, 5.74) is 3.56. The summed E-state index contributed by atoms with van der Waals surface area (Å²) >= 11 is 12.4. The Kier molecular flexibility index (Phi) is 6.97. The first-order valence-corrected chi connectivity index (χ1v) is 13.1. The van der Waals surface area contributed by atoms with Gasteiger partial charge in [0.25, 0.3) is 11.8 Å². The fourth-order valence-corrected chi connectivity index (χ4v) is 5.27. The molecule has 1 saturated heterocycles. The summed E-state index contributed by atoms with van der Waals surface area (Å²) in [7, 11) is 0. The zero-order valence-corrected chi connectivity index (χ0v) is 22.0. The average molecular weight is 564 g/mol. The van der Waals surface area contributed by atoms with Crippen LogP contribution in [0.3, 0.4) is 0 Å². The summed E-state index contributed by atoms with van der Waals surface area (Å²) in [6.07, 6.45) is 0.643. The van der Waals surface area contributed by atoms with Crippen LogP contribution in [0.2, 0.25) is 10.3 Å². The summed E-state index contributed by atoms with van der Waals surface area (Å²) in [6.45, 7) is 0.340. The Morgan fingerprint density at radius 3 is 2.26 bits per heavy atom. The Morgan fingerprint density at radius 1 is 0.897 bits per heavy atom. The molecule has 10 heteroatoms. The fourth-order valence-electron chi connectivity index (χ4n) is 4.96. The zero-order valence-electron chi connectivity index (χ0n) is 20.5. The van der Waals surface area contributed by atoms with Crippen LogP contribution >= 0.6 is 23.2 Å². The van der Waals surface area contributed by atoms with Crippen LogP contribution in [0.15, 0.2) is 79.1 Å². The molecule has 0 radical (unpaired) electrons. The van der Waals surface area contributed by atoms with Crippen LogP contribution in [-0.2, 0) is 22.6 Å². The maximum atomic E-state index is 13.1. The Bertz CT molecular complexity index is 1520. The standard InChI is InChI=1S/C29H23Cl2N3O5/c30-25-26(31)33(16-32-25)14-21-13-24(18-10-8-17(15-35)9-11-18)39-29(38-21)19-4-3-5-20(12-19)34-27(36)22-6-1-2-7-23(22)28(34)37/h1-12,16,21,24,29,35H,13-15H2. The van der Waals surface area contributed by atoms with Crippen molar-refractivity contribution in [3.05, 3.63) is 117 Å². The van der Waals surface area contributed by atoms with Gasteiger partial charge in [0, 0.05) is 12.0 Å². The van der Waals surface area contributed by atoms with E-state index in [4.69, 9.17) is 32.7 Å². The number of carbonyl (C=O) groups excluding carboxylic acids is 2. The molecule has 4 aromatic rings. The average Bonchev–Trinajstić information content (AvgIpc) is 3.42. The molecule has 0 spiro atoms. The van der Waals surface area contributed by atoms with E-state index in [0.29, 0.717) is 40.5 Å². The maximum absolute atomic E-state index is 13.1. The van der Waals surface area contributed by atoms with Gasteiger partial charge in [-0.2, -0.15) is 0 Å². The Morgan fingerprint density at radius 2 is 1.62 bits per heavy atom. The molecule has 8 nitrogen and oxygen atoms in total. The van der Waals surface area contributed by atoms with Gasteiger partial charge in [-0.1, -0.05) is 71.7 Å². The lowest BCUT2D eigenvalue weighted by atomic mass is 10.00. The lowest BCUT2D eigenvalue weighted by molar-refractivity contribution is -0.252. The number of imide groups is 1. The van der Waals surface area contributed by atoms with E-state index in [1.165, 1.54) is 4.90 Å². The summed E-state index contributed by atoms with van der Waals surface area (Å²) in [6, 6.07) is 21.4. The lowest BCUT2D eigenvalue weighted by Gasteiger charge is -2.36. The van der Waals surface area contributed by atoms with Crippen LogP contribution in [0, 0.1) is 0 Å². The first-order chi connectivity index (χ1) is 18.9. The molecular weight excluding hydrogens is 541 g/mol. The van der Waals surface area contributed by atoms with Crippen molar-refractivity contribution in [3.8, 4) is 0 Å². The first-order valence-electron chi connectivity index (χ1n) is 12.4. The second kappa shape index (κ2) is 10.6. The fraction of sp³-hybridized carbons (Fsp3) is 0.207. The molecule has 39 heavy (non-hydrogen) atoms. The van der Waals surface area contributed by atoms with Gasteiger partial charge >= 0.3 is 0 Å². The van der Waals surface area contributed by atoms with E-state index < -0.39 is 6.29 Å². The number of fused-ring (bicyclic) bond motifs is 1. The zero-order chi connectivity index (χ0) is 27.1. The number of carbonyl (C=O) groups is 2. The number of amides is 2. The highest BCUT2D eigenvalue weighted by Crippen LogP contribution is 2.40. The third kappa shape index (κ3) is 4.86. The number of benzene rings is 3. The lowest BCUT2D eigenvalue weighted by Crippen LogP contribution is -2.33. The summed E-state index contributed by atoms with van der Waals surface area (Å²) in [4.78, 5) is 31.4. The highest BCUT2D eigenvalue weighted by molar-refractivity contribution is 6.40. The number of imidazole rings is 1. The van der Waals surface area contributed by atoms with Crippen molar-refractivity contribution >= 4 is 40.7 Å². The van der Waals surface area contributed by atoms with E-state index in [2.05, 4.69) is 4.98 Å². The van der Waals surface area contributed by atoms with Crippen LogP contribution in [0.25, 0.3) is 0 Å². The van der Waals surface area contributed by atoms with Gasteiger partial charge in [0.1, 0.15) is 5.15 Å². The van der Waals surface area contributed by atoms with E-state index in [9.17, 15) is 14.7 Å². The highest BCUT2D eigenvalue weighted by atomic mass is 35.5. The summed E-state index contributed by atoms with van der Waals surface area (Å²) in [5.74, 6) is -0.742. The van der Waals surface area contributed by atoms with Crippen molar-refractivity contribution in [1.29, 1.82) is 0 Å². The van der Waals surface area contributed by atoms with Gasteiger partial charge in [0.15, 0.2) is 11.4 Å². The Hall–Kier alpha value is -3.53. The second-order valence-electron chi connectivity index (χ2n) is 9.41. The molecule has 1 N–H and O–H groups in total. The van der Waals surface area contributed by atoms with Gasteiger partial charge in [-0.3, -0.25) is 9.59 Å². The molecule has 2 aliphatic rings. The number of rotatable bonds is 6. The first kappa shape index (κ1) is 25.7. The number of aliphatic hydroxyl groups excluding tert-OH is 1. The van der Waals surface area contributed by atoms with Crippen LogP contribution in [-0.4, -0.2) is 32.6 Å². The molecule has 3 atom stereocenters. The van der Waals surface area contributed by atoms with E-state index >= 15 is 0 Å². The number of nitrogens with zero attached hydrogens (tertiary/aromatic N) is 3. The molecule has 3 aromatic carbocycles. The number of ether oxygens (including phenoxy) is 2. The molecular formula is C29H23Cl2N3O5. The number of anilines is 1. The quantitative estimate of drug-likeness (QED) is 0.301. The van der Waals surface area contributed by atoms with E-state index in [1.54, 1.807) is 53.4 Å². The highest BCUT2D eigenvalue weighted by Gasteiger charge is 2.37. The number of hydrogen-bond donors (Lipinski definition) is 1. The molecule has 3 heterocycles. The molecule has 2 amide bonds. The summed E-state index contributed by atoms with van der Waals surface area (Å²) < 4.78 is 14.5. The van der Waals surface area contributed by atoms with Crippen LogP contribution in [0.5, 0.6) is 0 Å². The minimum Gasteiger partial charge on any atom is -0.392 e. The van der Waals surface area contributed by atoms with Crippen molar-refractivity contribution in [2.75, 3.05) is 4.90 Å². The van der Waals surface area contributed by atoms with E-state index in [-0.39, 0.29) is 35.8 Å². The molecule has 1 aromatic heterocycles. The van der Waals surface area contributed by atoms with Crippen LogP contribution < -0.4 is 4.90 Å². The number of hydrogen-bond acceptors (Lipinski definition) is 6. The van der Waals surface area contributed by atoms with Crippen molar-refractivity contribution in [3.63, 3.8) is 0 Å². The summed E-state index contributed by atoms with van der Waals surface area (Å²) in [5, 5.41) is 9.97. The second-order valence-corrected chi connectivity index (χ2v) is 10.1. The van der Waals surface area contributed by atoms with Gasteiger partial charge in [0.05, 0.1) is 48.5 Å². The number of aromatic nitrogens is 2. The SMILES string of the molecule is O=C1c2ccccc2C(=O)N1c1cccc(C2OC(Cn3cnc(Cl)c3Cl)CC(c3ccc(CO)cc3)O2)c1. The van der Waals surface area contributed by atoms with Gasteiger partial charge < -0.3 is 19.1 Å². The van der Waals surface area contributed by atoms with Crippen molar-refractivity contribution in [2.45, 2.75) is 38.1 Å². The smallest absolute Gasteiger partial charge is 0.266 e. The number of halogens is 2. The molecule has 0 saturated carbocycles. The topological polar surface area (TPSA) is 93.9 Å². The minimum absolute atomic E-state index is 0.0509. The predicted octanol–water partition coefficient (Wildman–Crippen LogP) is 5.73.